The van der Waals surface area contributed by atoms with Crippen LogP contribution in [-0.2, 0) is 0 Å². The first-order valence-electron chi connectivity index (χ1n) is 5.88. The Hall–Kier alpha value is 0.0500. The van der Waals surface area contributed by atoms with Crippen molar-refractivity contribution in [1.82, 2.24) is 0 Å². The first kappa shape index (κ1) is 14.1. The van der Waals surface area contributed by atoms with Crippen LogP contribution in [-0.4, -0.2) is 6.26 Å². The Labute approximate surface area is 112 Å². The molecule has 0 bridgehead atoms. The highest BCUT2D eigenvalue weighted by molar-refractivity contribution is 9.10. The van der Waals surface area contributed by atoms with E-state index in [1.54, 1.807) is 0 Å². The summed E-state index contributed by atoms with van der Waals surface area (Å²) in [5, 5.41) is 0. The lowest BCUT2D eigenvalue weighted by Crippen LogP contribution is -1.98. The second-order valence-corrected chi connectivity index (χ2v) is 6.28. The van der Waals surface area contributed by atoms with Crippen LogP contribution < -0.4 is 0 Å². The summed E-state index contributed by atoms with van der Waals surface area (Å²) in [6, 6.07) is 4.66. The summed E-state index contributed by atoms with van der Waals surface area (Å²) in [5.41, 5.74) is 2.89. The van der Waals surface area contributed by atoms with Gasteiger partial charge in [0.2, 0.25) is 0 Å². The molecule has 1 atom stereocenters. The molecule has 0 heterocycles. The fourth-order valence-electron chi connectivity index (χ4n) is 1.81. The molecule has 0 aliphatic heterocycles. The molecule has 0 spiro atoms. The molecule has 0 aliphatic carbocycles. The van der Waals surface area contributed by atoms with E-state index in [-0.39, 0.29) is 0 Å². The summed E-state index contributed by atoms with van der Waals surface area (Å²) in [6.45, 7) is 9.04. The quantitative estimate of drug-likeness (QED) is 0.633. The molecule has 16 heavy (non-hydrogen) atoms. The van der Waals surface area contributed by atoms with E-state index in [1.807, 2.05) is 11.8 Å². The van der Waals surface area contributed by atoms with Crippen LogP contribution in [0.1, 0.15) is 57.1 Å². The van der Waals surface area contributed by atoms with Gasteiger partial charge in [-0.2, -0.15) is 0 Å². The van der Waals surface area contributed by atoms with Gasteiger partial charge >= 0.3 is 0 Å². The molecule has 1 aromatic carbocycles. The van der Waals surface area contributed by atoms with Crippen molar-refractivity contribution >= 4 is 27.7 Å². The number of thioether (sulfide) groups is 1. The van der Waals surface area contributed by atoms with Crippen LogP contribution in [0.5, 0.6) is 0 Å². The molecule has 0 radical (unpaired) electrons. The Balaban J connectivity index is 3.26. The Morgan fingerprint density at radius 1 is 1.19 bits per heavy atom. The van der Waals surface area contributed by atoms with E-state index in [9.17, 15) is 0 Å². The second-order valence-electron chi connectivity index (χ2n) is 4.58. The molecule has 0 saturated heterocycles. The molecule has 0 fully saturated rings. The highest BCUT2D eigenvalue weighted by atomic mass is 79.9. The van der Waals surface area contributed by atoms with Crippen molar-refractivity contribution in [2.24, 2.45) is 0 Å². The van der Waals surface area contributed by atoms with Gasteiger partial charge in [0, 0.05) is 9.37 Å². The van der Waals surface area contributed by atoms with Gasteiger partial charge in [0.1, 0.15) is 0 Å². The average molecular weight is 301 g/mol. The number of benzene rings is 1. The van der Waals surface area contributed by atoms with Gasteiger partial charge in [-0.05, 0) is 47.8 Å². The molecule has 1 aromatic rings. The molecule has 0 saturated carbocycles. The maximum atomic E-state index is 3.70. The molecule has 1 unspecified atom stereocenters. The van der Waals surface area contributed by atoms with E-state index in [0.29, 0.717) is 11.8 Å². The van der Waals surface area contributed by atoms with Crippen LogP contribution in [0.25, 0.3) is 0 Å². The maximum absolute atomic E-state index is 3.70. The van der Waals surface area contributed by atoms with Crippen molar-refractivity contribution in [3.8, 4) is 0 Å². The number of hydrogen-bond donors (Lipinski definition) is 0. The largest absolute Gasteiger partial charge is 0.129 e. The highest BCUT2D eigenvalue weighted by Crippen LogP contribution is 2.36. The summed E-state index contributed by atoms with van der Waals surface area (Å²) in [6.07, 6.45) is 3.36. The summed E-state index contributed by atoms with van der Waals surface area (Å²) in [5.74, 6) is 1.21. The zero-order valence-corrected chi connectivity index (χ0v) is 13.2. The zero-order valence-electron chi connectivity index (χ0n) is 10.8. The third-order valence-corrected chi connectivity index (χ3v) is 4.59. The van der Waals surface area contributed by atoms with Gasteiger partial charge in [-0.1, -0.05) is 43.6 Å². The smallest absolute Gasteiger partial charge is 0.0213 e. The van der Waals surface area contributed by atoms with Gasteiger partial charge in [-0.25, -0.2) is 0 Å². The minimum atomic E-state index is 0.575. The van der Waals surface area contributed by atoms with E-state index >= 15 is 0 Å². The topological polar surface area (TPSA) is 0 Å². The van der Waals surface area contributed by atoms with E-state index in [1.165, 1.54) is 26.9 Å². The Kier molecular flexibility index (Phi) is 5.39. The second kappa shape index (κ2) is 6.11. The zero-order chi connectivity index (χ0) is 12.3. The number of hydrogen-bond acceptors (Lipinski definition) is 1. The van der Waals surface area contributed by atoms with Gasteiger partial charge in [0.05, 0.1) is 0 Å². The summed E-state index contributed by atoms with van der Waals surface area (Å²) >= 11 is 5.56. The third-order valence-electron chi connectivity index (χ3n) is 3.11. The molecule has 90 valence electrons. The molecule has 0 aromatic heterocycles. The fourth-order valence-corrected chi connectivity index (χ4v) is 3.37. The van der Waals surface area contributed by atoms with Gasteiger partial charge in [0.15, 0.2) is 0 Å². The Morgan fingerprint density at radius 3 is 2.25 bits per heavy atom. The number of halogens is 1. The highest BCUT2D eigenvalue weighted by Gasteiger charge is 2.13. The van der Waals surface area contributed by atoms with Crippen molar-refractivity contribution in [2.75, 3.05) is 6.26 Å². The van der Waals surface area contributed by atoms with E-state index in [4.69, 9.17) is 0 Å². The van der Waals surface area contributed by atoms with Crippen LogP contribution in [0, 0.1) is 0 Å². The fraction of sp³-hybridized carbons (Fsp3) is 0.571. The lowest BCUT2D eigenvalue weighted by atomic mass is 9.94. The van der Waals surface area contributed by atoms with E-state index in [0.717, 1.165) is 0 Å². The molecule has 2 heteroatoms. The minimum Gasteiger partial charge on any atom is -0.129 e. The predicted molar refractivity (Wildman–Crippen MR) is 78.7 cm³/mol. The van der Waals surface area contributed by atoms with Crippen LogP contribution >= 0.6 is 27.7 Å². The lowest BCUT2D eigenvalue weighted by molar-refractivity contribution is 0.715. The van der Waals surface area contributed by atoms with Gasteiger partial charge in [0.25, 0.3) is 0 Å². The van der Waals surface area contributed by atoms with Crippen molar-refractivity contribution in [3.05, 3.63) is 27.7 Å². The lowest BCUT2D eigenvalue weighted by Gasteiger charge is -2.18. The molecular weight excluding hydrogens is 280 g/mol. The molecule has 1 rings (SSSR count). The van der Waals surface area contributed by atoms with Gasteiger partial charge in [-0.15, -0.1) is 11.8 Å². The van der Waals surface area contributed by atoms with E-state index in [2.05, 4.69) is 62.0 Å². The Morgan fingerprint density at radius 2 is 1.81 bits per heavy atom. The minimum absolute atomic E-state index is 0.575. The molecule has 0 amide bonds. The van der Waals surface area contributed by atoms with E-state index < -0.39 is 0 Å². The number of rotatable bonds is 4. The van der Waals surface area contributed by atoms with Crippen LogP contribution in [0.2, 0.25) is 0 Å². The van der Waals surface area contributed by atoms with Crippen LogP contribution in [0.4, 0.5) is 0 Å². The van der Waals surface area contributed by atoms with Crippen molar-refractivity contribution in [3.63, 3.8) is 0 Å². The summed E-state index contributed by atoms with van der Waals surface area (Å²) in [7, 11) is 0. The van der Waals surface area contributed by atoms with Gasteiger partial charge in [-0.3, -0.25) is 0 Å². The van der Waals surface area contributed by atoms with Crippen LogP contribution in [0.3, 0.4) is 0 Å². The van der Waals surface area contributed by atoms with Gasteiger partial charge < -0.3 is 0 Å². The summed E-state index contributed by atoms with van der Waals surface area (Å²) in [4.78, 5) is 1.43. The van der Waals surface area contributed by atoms with Crippen molar-refractivity contribution in [1.29, 1.82) is 0 Å². The van der Waals surface area contributed by atoms with Crippen molar-refractivity contribution in [2.45, 2.75) is 50.8 Å². The normalized spacial score (nSPS) is 13.2. The monoisotopic (exact) mass is 300 g/mol. The first-order chi connectivity index (χ1) is 7.51. The predicted octanol–water partition coefficient (Wildman–Crippen LogP) is 5.81. The molecule has 0 aliphatic rings. The Bertz CT molecular complexity index is 358. The SMILES string of the molecule is CCC(C)c1cc(Br)c(C(C)C)cc1SC. The van der Waals surface area contributed by atoms with Crippen LogP contribution in [0.15, 0.2) is 21.5 Å². The third kappa shape index (κ3) is 3.04. The average Bonchev–Trinajstić information content (AvgIpc) is 2.27. The molecule has 0 N–H and O–H groups in total. The first-order valence-corrected chi connectivity index (χ1v) is 7.90. The maximum Gasteiger partial charge on any atom is 0.0213 e. The standard InChI is InChI=1S/C14H21BrS/c1-6-10(4)12-7-13(15)11(9(2)3)8-14(12)16-5/h7-10H,6H2,1-5H3. The molecule has 0 nitrogen and oxygen atoms in total. The summed E-state index contributed by atoms with van der Waals surface area (Å²) < 4.78 is 1.26. The van der Waals surface area contributed by atoms with Crippen molar-refractivity contribution < 1.29 is 0 Å². The molecular formula is C14H21BrS.